The first-order chi connectivity index (χ1) is 18.1. The zero-order chi connectivity index (χ0) is 27.8. The first kappa shape index (κ1) is 29.2. The number of carbonyl (C=O) groups is 4. The van der Waals surface area contributed by atoms with Crippen LogP contribution in [0.5, 0.6) is 0 Å². The standard InChI is InChI=1S/C28H36N4O5S/c1-17(2)24(31-25(33)21(29)16-38)27(35)32-15-20-11-7-6-10-19(20)14-23(32)26(34)30-22(28(36)37)13-12-18-8-4-3-5-9-18/h3-11,17,21-24,38H,12-16,29H2,1-2H3,(H,30,34)(H,31,33)(H,36,37)/t21-,22-,23+,24-/m0/s1. The van der Waals surface area contributed by atoms with E-state index < -0.39 is 47.9 Å². The van der Waals surface area contributed by atoms with E-state index in [4.69, 9.17) is 5.73 Å². The number of carboxylic acid groups (broad SMARTS) is 1. The quantitative estimate of drug-likeness (QED) is 0.274. The number of thiol groups is 1. The average Bonchev–Trinajstić information content (AvgIpc) is 2.92. The van der Waals surface area contributed by atoms with Crippen LogP contribution in [0.4, 0.5) is 0 Å². The number of hydrogen-bond donors (Lipinski definition) is 5. The van der Waals surface area contributed by atoms with Crippen LogP contribution < -0.4 is 16.4 Å². The highest BCUT2D eigenvalue weighted by Gasteiger charge is 2.40. The summed E-state index contributed by atoms with van der Waals surface area (Å²) >= 11 is 4.06. The summed E-state index contributed by atoms with van der Waals surface area (Å²) < 4.78 is 0. The van der Waals surface area contributed by atoms with Gasteiger partial charge in [-0.15, -0.1) is 0 Å². The van der Waals surface area contributed by atoms with E-state index in [0.717, 1.165) is 16.7 Å². The van der Waals surface area contributed by atoms with Gasteiger partial charge in [-0.3, -0.25) is 14.4 Å². The number of nitrogens with zero attached hydrogens (tertiary/aromatic N) is 1. The van der Waals surface area contributed by atoms with E-state index in [-0.39, 0.29) is 31.1 Å². The van der Waals surface area contributed by atoms with Gasteiger partial charge in [0.2, 0.25) is 17.7 Å². The Morgan fingerprint density at radius 1 is 1.03 bits per heavy atom. The fourth-order valence-electron chi connectivity index (χ4n) is 4.51. The minimum atomic E-state index is -1.14. The number of carboxylic acids is 1. The van der Waals surface area contributed by atoms with Crippen molar-refractivity contribution < 1.29 is 24.3 Å². The van der Waals surface area contributed by atoms with Crippen molar-refractivity contribution in [1.82, 2.24) is 15.5 Å². The summed E-state index contributed by atoms with van der Waals surface area (Å²) in [5.74, 6) is -2.78. The fourth-order valence-corrected chi connectivity index (χ4v) is 4.67. The highest BCUT2D eigenvalue weighted by atomic mass is 32.1. The lowest BCUT2D eigenvalue weighted by Crippen LogP contribution is -2.61. The van der Waals surface area contributed by atoms with E-state index in [2.05, 4.69) is 23.3 Å². The number of carbonyl (C=O) groups excluding carboxylic acids is 3. The van der Waals surface area contributed by atoms with Crippen LogP contribution in [0.15, 0.2) is 54.6 Å². The van der Waals surface area contributed by atoms with Crippen molar-refractivity contribution in [2.45, 2.75) is 63.8 Å². The summed E-state index contributed by atoms with van der Waals surface area (Å²) in [7, 11) is 0. The van der Waals surface area contributed by atoms with Gasteiger partial charge in [0.05, 0.1) is 6.04 Å². The van der Waals surface area contributed by atoms with Gasteiger partial charge in [-0.25, -0.2) is 4.79 Å². The molecule has 0 saturated heterocycles. The first-order valence-electron chi connectivity index (χ1n) is 12.7. The van der Waals surface area contributed by atoms with Crippen LogP contribution in [0.2, 0.25) is 0 Å². The highest BCUT2D eigenvalue weighted by molar-refractivity contribution is 7.80. The monoisotopic (exact) mass is 540 g/mol. The molecule has 0 aromatic heterocycles. The molecular weight excluding hydrogens is 504 g/mol. The second-order valence-electron chi connectivity index (χ2n) is 9.90. The summed E-state index contributed by atoms with van der Waals surface area (Å²) in [5, 5.41) is 15.2. The van der Waals surface area contributed by atoms with Gasteiger partial charge in [0.15, 0.2) is 0 Å². The lowest BCUT2D eigenvalue weighted by Gasteiger charge is -2.39. The Bertz CT molecular complexity index is 1140. The molecule has 0 radical (unpaired) electrons. The lowest BCUT2D eigenvalue weighted by atomic mass is 9.91. The highest BCUT2D eigenvalue weighted by Crippen LogP contribution is 2.25. The third-order valence-corrected chi connectivity index (χ3v) is 7.17. The van der Waals surface area contributed by atoms with Crippen molar-refractivity contribution in [3.05, 3.63) is 71.3 Å². The number of nitrogens with one attached hydrogen (secondary N) is 2. The molecule has 3 rings (SSSR count). The number of aryl methyl sites for hydroxylation is 1. The van der Waals surface area contributed by atoms with Crippen LogP contribution in [0.3, 0.4) is 0 Å². The average molecular weight is 541 g/mol. The summed E-state index contributed by atoms with van der Waals surface area (Å²) in [6.45, 7) is 3.75. The lowest BCUT2D eigenvalue weighted by molar-refractivity contribution is -0.147. The number of fused-ring (bicyclic) bond motifs is 1. The third-order valence-electron chi connectivity index (χ3n) is 6.78. The minimum Gasteiger partial charge on any atom is -0.480 e. The minimum absolute atomic E-state index is 0.118. The predicted octanol–water partition coefficient (Wildman–Crippen LogP) is 1.54. The zero-order valence-electron chi connectivity index (χ0n) is 21.7. The molecule has 0 bridgehead atoms. The number of nitrogens with two attached hydrogens (primary N) is 1. The van der Waals surface area contributed by atoms with E-state index in [1.54, 1.807) is 13.8 Å². The third kappa shape index (κ3) is 7.35. The van der Waals surface area contributed by atoms with Crippen LogP contribution in [0.25, 0.3) is 0 Å². The maximum atomic E-state index is 13.8. The van der Waals surface area contributed by atoms with E-state index in [1.165, 1.54) is 4.90 Å². The molecule has 0 fully saturated rings. The maximum Gasteiger partial charge on any atom is 0.326 e. The van der Waals surface area contributed by atoms with Gasteiger partial charge in [0.1, 0.15) is 18.1 Å². The fraction of sp³-hybridized carbons (Fsp3) is 0.429. The normalized spacial score (nSPS) is 17.2. The maximum absolute atomic E-state index is 13.8. The Hall–Kier alpha value is -3.37. The SMILES string of the molecule is CC(C)[C@H](NC(=O)[C@@H](N)CS)C(=O)N1Cc2ccccc2C[C@@H]1C(=O)N[C@@H](CCc1ccccc1)C(=O)O. The number of amides is 3. The summed E-state index contributed by atoms with van der Waals surface area (Å²) in [6.07, 6.45) is 0.906. The predicted molar refractivity (Wildman–Crippen MR) is 147 cm³/mol. The Balaban J connectivity index is 1.84. The molecule has 1 aliphatic heterocycles. The molecule has 9 nitrogen and oxygen atoms in total. The Labute approximate surface area is 228 Å². The second kappa shape index (κ2) is 13.4. The van der Waals surface area contributed by atoms with Crippen molar-refractivity contribution in [3.8, 4) is 0 Å². The first-order valence-corrected chi connectivity index (χ1v) is 13.4. The largest absolute Gasteiger partial charge is 0.480 e. The molecule has 10 heteroatoms. The van der Waals surface area contributed by atoms with Crippen molar-refractivity contribution in [1.29, 1.82) is 0 Å². The van der Waals surface area contributed by atoms with Gasteiger partial charge >= 0.3 is 5.97 Å². The molecule has 2 aromatic carbocycles. The zero-order valence-corrected chi connectivity index (χ0v) is 22.6. The molecule has 1 heterocycles. The molecule has 0 spiro atoms. The molecule has 4 atom stereocenters. The van der Waals surface area contributed by atoms with Crippen molar-refractivity contribution in [3.63, 3.8) is 0 Å². The van der Waals surface area contributed by atoms with E-state index in [9.17, 15) is 24.3 Å². The van der Waals surface area contributed by atoms with Crippen LogP contribution in [-0.4, -0.2) is 63.6 Å². The topological polar surface area (TPSA) is 142 Å². The van der Waals surface area contributed by atoms with Crippen LogP contribution in [0, 0.1) is 5.92 Å². The number of aliphatic carboxylic acids is 1. The summed E-state index contributed by atoms with van der Waals surface area (Å²) in [6, 6.07) is 13.1. The van der Waals surface area contributed by atoms with E-state index in [0.29, 0.717) is 6.42 Å². The van der Waals surface area contributed by atoms with Crippen LogP contribution in [0.1, 0.15) is 37.0 Å². The Morgan fingerprint density at radius 2 is 1.66 bits per heavy atom. The molecule has 0 saturated carbocycles. The van der Waals surface area contributed by atoms with E-state index >= 15 is 0 Å². The van der Waals surface area contributed by atoms with Crippen molar-refractivity contribution in [2.75, 3.05) is 5.75 Å². The molecule has 1 aliphatic rings. The van der Waals surface area contributed by atoms with Crippen molar-refractivity contribution in [2.24, 2.45) is 11.7 Å². The Morgan fingerprint density at radius 3 is 2.26 bits per heavy atom. The van der Waals surface area contributed by atoms with Gasteiger partial charge in [0.25, 0.3) is 0 Å². The molecule has 0 aliphatic carbocycles. The molecule has 3 amide bonds. The molecule has 0 unspecified atom stereocenters. The number of rotatable bonds is 11. The van der Waals surface area contributed by atoms with Crippen molar-refractivity contribution >= 4 is 36.3 Å². The summed E-state index contributed by atoms with van der Waals surface area (Å²) in [5.41, 5.74) is 8.57. The van der Waals surface area contributed by atoms with Gasteiger partial charge < -0.3 is 26.4 Å². The van der Waals surface area contributed by atoms with Gasteiger partial charge in [-0.2, -0.15) is 12.6 Å². The molecule has 204 valence electrons. The number of hydrogen-bond acceptors (Lipinski definition) is 6. The van der Waals surface area contributed by atoms with Gasteiger partial charge in [-0.05, 0) is 35.4 Å². The molecule has 2 aromatic rings. The summed E-state index contributed by atoms with van der Waals surface area (Å²) in [4.78, 5) is 53.3. The molecular formula is C28H36N4O5S. The van der Waals surface area contributed by atoms with Crippen LogP contribution >= 0.6 is 12.6 Å². The van der Waals surface area contributed by atoms with Crippen LogP contribution in [-0.2, 0) is 38.6 Å². The Kier molecular flexibility index (Phi) is 10.3. The number of benzene rings is 2. The molecule has 38 heavy (non-hydrogen) atoms. The van der Waals surface area contributed by atoms with Gasteiger partial charge in [0, 0.05) is 18.7 Å². The van der Waals surface area contributed by atoms with E-state index in [1.807, 2.05) is 54.6 Å². The van der Waals surface area contributed by atoms with Gasteiger partial charge in [-0.1, -0.05) is 68.4 Å². The second-order valence-corrected chi connectivity index (χ2v) is 10.3. The molecule has 5 N–H and O–H groups in total. The smallest absolute Gasteiger partial charge is 0.326 e.